The van der Waals surface area contributed by atoms with E-state index in [1.54, 1.807) is 13.2 Å². The van der Waals surface area contributed by atoms with Crippen molar-refractivity contribution in [1.29, 1.82) is 0 Å². The van der Waals surface area contributed by atoms with Gasteiger partial charge in [-0.05, 0) is 25.3 Å². The molecule has 2 N–H and O–H groups in total. The predicted molar refractivity (Wildman–Crippen MR) is 99.1 cm³/mol. The number of nitrogens with two attached hydrogens (primary N) is 1. The Labute approximate surface area is 155 Å². The van der Waals surface area contributed by atoms with Crippen LogP contribution in [0.1, 0.15) is 37.7 Å². The Hall–Kier alpha value is -1.50. The smallest absolute Gasteiger partial charge is 0.242 e. The van der Waals surface area contributed by atoms with E-state index in [1.807, 2.05) is 17.0 Å². The highest BCUT2D eigenvalue weighted by Crippen LogP contribution is 2.35. The quantitative estimate of drug-likeness (QED) is 0.871. The molecule has 1 heterocycles. The fraction of sp³-hybridized carbons (Fsp3) is 0.650. The molecule has 2 fully saturated rings. The molecule has 1 aromatic carbocycles. The monoisotopic (exact) mass is 363 g/mol. The molecular weight excluding hydrogens is 333 g/mol. The molecule has 3 rings (SSSR count). The number of amides is 1. The zero-order chi connectivity index (χ0) is 18.6. The van der Waals surface area contributed by atoms with Gasteiger partial charge in [0.05, 0.1) is 5.60 Å². The minimum atomic E-state index is -0.604. The Morgan fingerprint density at radius 2 is 1.92 bits per heavy atom. The number of hydrogen-bond acceptors (Lipinski definition) is 4. The number of carbonyl (C=O) groups excluding carboxylic acids is 1. The van der Waals surface area contributed by atoms with Crippen molar-refractivity contribution in [3.8, 4) is 0 Å². The van der Waals surface area contributed by atoms with Gasteiger partial charge in [0.1, 0.15) is 11.9 Å². The van der Waals surface area contributed by atoms with Crippen LogP contribution >= 0.6 is 0 Å². The number of methoxy groups -OCH3 is 1. The lowest BCUT2D eigenvalue weighted by Crippen LogP contribution is -2.57. The molecule has 1 aromatic rings. The normalized spacial score (nSPS) is 22.2. The third kappa shape index (κ3) is 4.08. The molecule has 1 aliphatic heterocycles. The SMILES string of the molecule is COC1(C(N)C(=O)N2CCCN(Cc3ccccc3F)CC2)CCCC1. The van der Waals surface area contributed by atoms with Gasteiger partial charge in [0, 0.05) is 45.4 Å². The van der Waals surface area contributed by atoms with E-state index in [9.17, 15) is 9.18 Å². The molecule has 1 atom stereocenters. The molecule has 1 aliphatic carbocycles. The third-order valence-corrected chi connectivity index (χ3v) is 5.94. The summed E-state index contributed by atoms with van der Waals surface area (Å²) in [5, 5.41) is 0. The van der Waals surface area contributed by atoms with Crippen LogP contribution in [0.3, 0.4) is 0 Å². The largest absolute Gasteiger partial charge is 0.376 e. The molecule has 6 heteroatoms. The summed E-state index contributed by atoms with van der Waals surface area (Å²) in [6.45, 7) is 3.47. The van der Waals surface area contributed by atoms with Crippen molar-refractivity contribution in [2.75, 3.05) is 33.3 Å². The maximum atomic E-state index is 13.9. The topological polar surface area (TPSA) is 58.8 Å². The van der Waals surface area contributed by atoms with Gasteiger partial charge in [-0.1, -0.05) is 31.0 Å². The highest BCUT2D eigenvalue weighted by Gasteiger charge is 2.44. The zero-order valence-electron chi connectivity index (χ0n) is 15.6. The molecule has 144 valence electrons. The van der Waals surface area contributed by atoms with Crippen LogP contribution in [0.2, 0.25) is 0 Å². The molecule has 0 spiro atoms. The van der Waals surface area contributed by atoms with E-state index in [0.29, 0.717) is 25.2 Å². The van der Waals surface area contributed by atoms with Gasteiger partial charge in [0.2, 0.25) is 5.91 Å². The Balaban J connectivity index is 1.59. The second-order valence-corrected chi connectivity index (χ2v) is 7.50. The summed E-state index contributed by atoms with van der Waals surface area (Å²) in [6, 6.07) is 6.28. The summed E-state index contributed by atoms with van der Waals surface area (Å²) in [5.41, 5.74) is 6.55. The van der Waals surface area contributed by atoms with Crippen LogP contribution in [0.25, 0.3) is 0 Å². The molecule has 1 amide bonds. The first-order valence-corrected chi connectivity index (χ1v) is 9.61. The summed E-state index contributed by atoms with van der Waals surface area (Å²) in [4.78, 5) is 17.0. The van der Waals surface area contributed by atoms with Crippen molar-refractivity contribution in [2.45, 2.75) is 50.3 Å². The summed E-state index contributed by atoms with van der Waals surface area (Å²) in [5.74, 6) is -0.184. The van der Waals surface area contributed by atoms with E-state index < -0.39 is 11.6 Å². The minimum Gasteiger partial charge on any atom is -0.376 e. The fourth-order valence-electron chi connectivity index (χ4n) is 4.25. The highest BCUT2D eigenvalue weighted by molar-refractivity contribution is 5.83. The summed E-state index contributed by atoms with van der Waals surface area (Å²) in [6.07, 6.45) is 4.69. The molecule has 1 saturated heterocycles. The number of ether oxygens (including phenoxy) is 1. The lowest BCUT2D eigenvalue weighted by Gasteiger charge is -2.36. The van der Waals surface area contributed by atoms with Gasteiger partial charge >= 0.3 is 0 Å². The number of benzene rings is 1. The summed E-state index contributed by atoms with van der Waals surface area (Å²) in [7, 11) is 1.66. The average molecular weight is 363 g/mol. The van der Waals surface area contributed by atoms with Gasteiger partial charge in [-0.15, -0.1) is 0 Å². The van der Waals surface area contributed by atoms with Crippen LogP contribution in [0.15, 0.2) is 24.3 Å². The van der Waals surface area contributed by atoms with Crippen LogP contribution in [0.4, 0.5) is 4.39 Å². The summed E-state index contributed by atoms with van der Waals surface area (Å²) >= 11 is 0. The maximum Gasteiger partial charge on any atom is 0.242 e. The Bertz CT molecular complexity index is 619. The Morgan fingerprint density at radius 3 is 2.62 bits per heavy atom. The molecule has 1 saturated carbocycles. The molecule has 0 aromatic heterocycles. The third-order valence-electron chi connectivity index (χ3n) is 5.94. The van der Waals surface area contributed by atoms with Crippen molar-refractivity contribution in [1.82, 2.24) is 9.80 Å². The van der Waals surface area contributed by atoms with E-state index >= 15 is 0 Å². The number of nitrogens with zero attached hydrogens (tertiary/aromatic N) is 2. The van der Waals surface area contributed by atoms with E-state index in [-0.39, 0.29) is 11.7 Å². The van der Waals surface area contributed by atoms with Crippen molar-refractivity contribution in [3.05, 3.63) is 35.6 Å². The van der Waals surface area contributed by atoms with Crippen LogP contribution in [0, 0.1) is 5.82 Å². The number of rotatable bonds is 5. The lowest BCUT2D eigenvalue weighted by molar-refractivity contribution is -0.140. The molecular formula is C20H30FN3O2. The van der Waals surface area contributed by atoms with Gasteiger partial charge < -0.3 is 15.4 Å². The second kappa shape index (κ2) is 8.46. The van der Waals surface area contributed by atoms with Crippen LogP contribution in [-0.4, -0.2) is 60.6 Å². The Kier molecular flexibility index (Phi) is 6.27. The van der Waals surface area contributed by atoms with Gasteiger partial charge in [0.15, 0.2) is 0 Å². The van der Waals surface area contributed by atoms with E-state index in [1.165, 1.54) is 6.07 Å². The first kappa shape index (κ1) is 19.3. The first-order chi connectivity index (χ1) is 12.6. The van der Waals surface area contributed by atoms with Gasteiger partial charge in [0.25, 0.3) is 0 Å². The van der Waals surface area contributed by atoms with E-state index in [4.69, 9.17) is 10.5 Å². The number of hydrogen-bond donors (Lipinski definition) is 1. The van der Waals surface area contributed by atoms with Crippen molar-refractivity contribution in [3.63, 3.8) is 0 Å². The Morgan fingerprint density at radius 1 is 1.19 bits per heavy atom. The van der Waals surface area contributed by atoms with Crippen LogP contribution < -0.4 is 5.73 Å². The zero-order valence-corrected chi connectivity index (χ0v) is 15.6. The van der Waals surface area contributed by atoms with E-state index in [2.05, 4.69) is 4.90 Å². The number of halogens is 1. The maximum absolute atomic E-state index is 13.9. The van der Waals surface area contributed by atoms with Crippen molar-refractivity contribution >= 4 is 5.91 Å². The molecule has 0 bridgehead atoms. The molecule has 5 nitrogen and oxygen atoms in total. The van der Waals surface area contributed by atoms with Gasteiger partial charge in [-0.3, -0.25) is 9.69 Å². The van der Waals surface area contributed by atoms with Gasteiger partial charge in [-0.25, -0.2) is 4.39 Å². The van der Waals surface area contributed by atoms with Gasteiger partial charge in [-0.2, -0.15) is 0 Å². The average Bonchev–Trinajstić information content (AvgIpc) is 3.03. The predicted octanol–water partition coefficient (Wildman–Crippen LogP) is 2.15. The highest BCUT2D eigenvalue weighted by atomic mass is 19.1. The minimum absolute atomic E-state index is 0.0125. The lowest BCUT2D eigenvalue weighted by atomic mass is 9.91. The van der Waals surface area contributed by atoms with Crippen molar-refractivity contribution < 1.29 is 13.9 Å². The molecule has 2 aliphatic rings. The second-order valence-electron chi connectivity index (χ2n) is 7.50. The standard InChI is InChI=1S/C20H30FN3O2/c1-26-20(9-4-5-10-20)18(22)19(25)24-12-6-11-23(13-14-24)15-16-7-2-3-8-17(16)21/h2-3,7-8,18H,4-6,9-15,22H2,1H3. The van der Waals surface area contributed by atoms with Crippen molar-refractivity contribution in [2.24, 2.45) is 5.73 Å². The molecule has 26 heavy (non-hydrogen) atoms. The number of carbonyl (C=O) groups is 1. The first-order valence-electron chi connectivity index (χ1n) is 9.61. The fourth-order valence-corrected chi connectivity index (χ4v) is 4.25. The molecule has 1 unspecified atom stereocenters. The summed E-state index contributed by atoms with van der Waals surface area (Å²) < 4.78 is 19.6. The van der Waals surface area contributed by atoms with Crippen LogP contribution in [-0.2, 0) is 16.1 Å². The molecule has 0 radical (unpaired) electrons. The van der Waals surface area contributed by atoms with Crippen LogP contribution in [0.5, 0.6) is 0 Å². The van der Waals surface area contributed by atoms with E-state index in [0.717, 1.165) is 45.2 Å².